The molecule has 7 heteroatoms. The smallest absolute Gasteiger partial charge is 0.328 e. The van der Waals surface area contributed by atoms with E-state index in [1.165, 1.54) is 6.08 Å². The number of halogens is 2. The molecule has 2 aromatic carbocycles. The van der Waals surface area contributed by atoms with E-state index in [-0.39, 0.29) is 6.61 Å². The van der Waals surface area contributed by atoms with Crippen molar-refractivity contribution in [3.63, 3.8) is 0 Å². The first-order valence-corrected chi connectivity index (χ1v) is 9.39. The van der Waals surface area contributed by atoms with Gasteiger partial charge in [-0.15, -0.1) is 0 Å². The van der Waals surface area contributed by atoms with Crippen molar-refractivity contribution in [2.24, 2.45) is 0 Å². The molecule has 0 amide bonds. The van der Waals surface area contributed by atoms with Crippen molar-refractivity contribution in [3.05, 3.63) is 87.5 Å². The zero-order valence-corrected chi connectivity index (χ0v) is 16.9. The molecule has 0 saturated carbocycles. The first-order chi connectivity index (χ1) is 13.9. The van der Waals surface area contributed by atoms with Gasteiger partial charge in [-0.25, -0.2) is 9.78 Å². The van der Waals surface area contributed by atoms with Crippen LogP contribution in [0.3, 0.4) is 0 Å². The summed E-state index contributed by atoms with van der Waals surface area (Å²) in [5, 5.41) is 9.65. The van der Waals surface area contributed by atoms with Gasteiger partial charge in [0.1, 0.15) is 18.1 Å². The predicted octanol–water partition coefficient (Wildman–Crippen LogP) is 6.17. The lowest BCUT2D eigenvalue weighted by atomic mass is 10.1. The number of aromatic nitrogens is 1. The number of aliphatic carboxylic acids is 1. The van der Waals surface area contributed by atoms with Gasteiger partial charge in [0, 0.05) is 17.7 Å². The summed E-state index contributed by atoms with van der Waals surface area (Å²) in [4.78, 5) is 14.9. The van der Waals surface area contributed by atoms with Gasteiger partial charge >= 0.3 is 5.97 Å². The molecule has 0 bridgehead atoms. The van der Waals surface area contributed by atoms with Crippen LogP contribution >= 0.6 is 23.2 Å². The normalized spacial score (nSPS) is 10.9. The van der Waals surface area contributed by atoms with Gasteiger partial charge < -0.3 is 14.6 Å². The summed E-state index contributed by atoms with van der Waals surface area (Å²) < 4.78 is 11.5. The van der Waals surface area contributed by atoms with Gasteiger partial charge in [0.25, 0.3) is 0 Å². The molecule has 5 nitrogen and oxygen atoms in total. The highest BCUT2D eigenvalue weighted by Crippen LogP contribution is 2.28. The van der Waals surface area contributed by atoms with E-state index in [2.05, 4.69) is 4.98 Å². The first kappa shape index (κ1) is 20.7. The molecule has 1 N–H and O–H groups in total. The molecule has 0 radical (unpaired) electrons. The van der Waals surface area contributed by atoms with E-state index in [0.717, 1.165) is 22.8 Å². The molecular formula is C22H17Cl2NO4. The number of carboxylic acids is 1. The van der Waals surface area contributed by atoms with Crippen LogP contribution in [0.25, 0.3) is 6.08 Å². The van der Waals surface area contributed by atoms with Crippen molar-refractivity contribution in [1.29, 1.82) is 0 Å². The fourth-order valence-electron chi connectivity index (χ4n) is 2.50. The summed E-state index contributed by atoms with van der Waals surface area (Å²) in [6, 6.07) is 14.2. The predicted molar refractivity (Wildman–Crippen MR) is 113 cm³/mol. The van der Waals surface area contributed by atoms with E-state index in [0.29, 0.717) is 27.4 Å². The van der Waals surface area contributed by atoms with Crippen LogP contribution in [0, 0.1) is 6.92 Å². The Morgan fingerprint density at radius 2 is 2.00 bits per heavy atom. The standard InChI is InChI=1S/C22H17Cl2NO4/c1-14-11-15(6-10-21(26)27)5-8-19(14)29-20-9-7-17(12-25-20)28-13-16-3-2-4-18(23)22(16)24/h2-12H,13H2,1H3,(H,26,27)/b10-6+. The molecule has 1 aromatic heterocycles. The van der Waals surface area contributed by atoms with Crippen LogP contribution in [0.5, 0.6) is 17.4 Å². The Morgan fingerprint density at radius 1 is 1.17 bits per heavy atom. The number of hydrogen-bond acceptors (Lipinski definition) is 4. The molecule has 0 aliphatic rings. The second-order valence-corrected chi connectivity index (χ2v) is 6.92. The summed E-state index contributed by atoms with van der Waals surface area (Å²) in [6.45, 7) is 2.14. The van der Waals surface area contributed by atoms with E-state index < -0.39 is 5.97 Å². The van der Waals surface area contributed by atoms with Gasteiger partial charge in [-0.1, -0.05) is 41.4 Å². The Kier molecular flexibility index (Phi) is 6.75. The van der Waals surface area contributed by atoms with E-state index in [4.69, 9.17) is 37.8 Å². The quantitative estimate of drug-likeness (QED) is 0.455. The number of hydrogen-bond donors (Lipinski definition) is 1. The van der Waals surface area contributed by atoms with Crippen LogP contribution in [0.2, 0.25) is 10.0 Å². The fraction of sp³-hybridized carbons (Fsp3) is 0.0909. The number of ether oxygens (including phenoxy) is 2. The minimum atomic E-state index is -0.993. The van der Waals surface area contributed by atoms with Gasteiger partial charge in [-0.2, -0.15) is 0 Å². The van der Waals surface area contributed by atoms with E-state index in [9.17, 15) is 4.79 Å². The summed E-state index contributed by atoms with van der Waals surface area (Å²) in [7, 11) is 0. The highest BCUT2D eigenvalue weighted by molar-refractivity contribution is 6.42. The molecule has 0 aliphatic heterocycles. The lowest BCUT2D eigenvalue weighted by Crippen LogP contribution is -1.97. The van der Waals surface area contributed by atoms with E-state index >= 15 is 0 Å². The summed E-state index contributed by atoms with van der Waals surface area (Å²) in [5.41, 5.74) is 2.41. The lowest BCUT2D eigenvalue weighted by Gasteiger charge is -2.10. The molecule has 0 atom stereocenters. The number of carbonyl (C=O) groups is 1. The number of rotatable bonds is 7. The highest BCUT2D eigenvalue weighted by Gasteiger charge is 2.07. The Bertz CT molecular complexity index is 1050. The first-order valence-electron chi connectivity index (χ1n) is 8.63. The molecule has 0 fully saturated rings. The largest absolute Gasteiger partial charge is 0.487 e. The maximum atomic E-state index is 10.6. The average Bonchev–Trinajstić information content (AvgIpc) is 2.70. The summed E-state index contributed by atoms with van der Waals surface area (Å²) >= 11 is 12.2. The number of nitrogens with zero attached hydrogens (tertiary/aromatic N) is 1. The van der Waals surface area contributed by atoms with Crippen LogP contribution in [0.4, 0.5) is 0 Å². The number of pyridine rings is 1. The van der Waals surface area contributed by atoms with Crippen LogP contribution in [0.15, 0.2) is 60.8 Å². The van der Waals surface area contributed by atoms with E-state index in [1.807, 2.05) is 25.1 Å². The van der Waals surface area contributed by atoms with Crippen molar-refractivity contribution < 1.29 is 19.4 Å². The highest BCUT2D eigenvalue weighted by atomic mass is 35.5. The van der Waals surface area contributed by atoms with Crippen LogP contribution in [-0.2, 0) is 11.4 Å². The second kappa shape index (κ2) is 9.45. The number of benzene rings is 2. The van der Waals surface area contributed by atoms with Crippen LogP contribution in [-0.4, -0.2) is 16.1 Å². The topological polar surface area (TPSA) is 68.7 Å². The van der Waals surface area contributed by atoms with Crippen molar-refractivity contribution >= 4 is 35.2 Å². The fourth-order valence-corrected chi connectivity index (χ4v) is 2.88. The molecule has 0 unspecified atom stereocenters. The maximum absolute atomic E-state index is 10.6. The lowest BCUT2D eigenvalue weighted by molar-refractivity contribution is -0.131. The molecule has 148 valence electrons. The van der Waals surface area contributed by atoms with Gasteiger partial charge in [0.2, 0.25) is 5.88 Å². The molecule has 0 spiro atoms. The monoisotopic (exact) mass is 429 g/mol. The molecule has 3 rings (SSSR count). The third-order valence-electron chi connectivity index (χ3n) is 3.97. The maximum Gasteiger partial charge on any atom is 0.328 e. The second-order valence-electron chi connectivity index (χ2n) is 6.13. The summed E-state index contributed by atoms with van der Waals surface area (Å²) in [5.74, 6) is 0.616. The number of aryl methyl sites for hydroxylation is 1. The zero-order chi connectivity index (χ0) is 20.8. The minimum absolute atomic E-state index is 0.270. The van der Waals surface area contributed by atoms with Gasteiger partial charge in [0.05, 0.1) is 16.2 Å². The summed E-state index contributed by atoms with van der Waals surface area (Å²) in [6.07, 6.45) is 4.18. The molecule has 29 heavy (non-hydrogen) atoms. The van der Waals surface area contributed by atoms with Gasteiger partial charge in [-0.3, -0.25) is 0 Å². The molecule has 0 saturated heterocycles. The van der Waals surface area contributed by atoms with Crippen LogP contribution in [0.1, 0.15) is 16.7 Å². The van der Waals surface area contributed by atoms with Crippen molar-refractivity contribution in [2.75, 3.05) is 0 Å². The molecular weight excluding hydrogens is 413 g/mol. The van der Waals surface area contributed by atoms with Gasteiger partial charge in [0.15, 0.2) is 0 Å². The average molecular weight is 430 g/mol. The van der Waals surface area contributed by atoms with Crippen molar-refractivity contribution in [3.8, 4) is 17.4 Å². The molecule has 0 aliphatic carbocycles. The third-order valence-corrected chi connectivity index (χ3v) is 4.83. The molecule has 3 aromatic rings. The SMILES string of the molecule is Cc1cc(/C=C/C(=O)O)ccc1Oc1ccc(OCc2cccc(Cl)c2Cl)cn1. The van der Waals surface area contributed by atoms with Crippen LogP contribution < -0.4 is 9.47 Å². The van der Waals surface area contributed by atoms with E-state index in [1.54, 1.807) is 36.5 Å². The minimum Gasteiger partial charge on any atom is -0.487 e. The Morgan fingerprint density at radius 3 is 2.69 bits per heavy atom. The number of carboxylic acid groups (broad SMARTS) is 1. The van der Waals surface area contributed by atoms with Crippen molar-refractivity contribution in [1.82, 2.24) is 4.98 Å². The zero-order valence-electron chi connectivity index (χ0n) is 15.4. The Balaban J connectivity index is 1.63. The Hall–Kier alpha value is -3.02. The van der Waals surface area contributed by atoms with Crippen molar-refractivity contribution in [2.45, 2.75) is 13.5 Å². The third kappa shape index (κ3) is 5.73. The molecule has 1 heterocycles. The Labute approximate surface area is 178 Å². The van der Waals surface area contributed by atoms with Gasteiger partial charge in [-0.05, 0) is 48.4 Å².